The van der Waals surface area contributed by atoms with Crippen LogP contribution in [0.2, 0.25) is 0 Å². The van der Waals surface area contributed by atoms with Gasteiger partial charge in [-0.15, -0.1) is 0 Å². The fourth-order valence-corrected chi connectivity index (χ4v) is 1.61. The lowest BCUT2D eigenvalue weighted by Crippen LogP contribution is -2.13. The Morgan fingerprint density at radius 1 is 1.45 bits per heavy atom. The highest BCUT2D eigenvalue weighted by Gasteiger charge is 2.08. The highest BCUT2D eigenvalue weighted by molar-refractivity contribution is 6.02. The molecule has 7 heteroatoms. The molecule has 0 aromatic carbocycles. The van der Waals surface area contributed by atoms with E-state index in [1.54, 1.807) is 42.5 Å². The summed E-state index contributed by atoms with van der Waals surface area (Å²) in [4.78, 5) is 16.0. The second-order valence-electron chi connectivity index (χ2n) is 4.19. The van der Waals surface area contributed by atoms with Gasteiger partial charge >= 0.3 is 0 Å². The van der Waals surface area contributed by atoms with E-state index in [-0.39, 0.29) is 5.91 Å². The summed E-state index contributed by atoms with van der Waals surface area (Å²) in [6.45, 7) is 1.61. The molecule has 106 valence electrons. The van der Waals surface area contributed by atoms with Gasteiger partial charge in [-0.05, 0) is 11.6 Å². The molecule has 0 aliphatic rings. The number of ether oxygens (including phenoxy) is 1. The fourth-order valence-electron chi connectivity index (χ4n) is 1.61. The summed E-state index contributed by atoms with van der Waals surface area (Å²) in [5.41, 5.74) is 7.32. The Balaban J connectivity index is 1.97. The van der Waals surface area contributed by atoms with Gasteiger partial charge in [0.25, 0.3) is 5.91 Å². The van der Waals surface area contributed by atoms with E-state index >= 15 is 0 Å². The third kappa shape index (κ3) is 3.62. The van der Waals surface area contributed by atoms with Crippen LogP contribution in [0.5, 0.6) is 0 Å². The average Bonchev–Trinajstić information content (AvgIpc) is 2.92. The van der Waals surface area contributed by atoms with Crippen molar-refractivity contribution in [2.75, 3.05) is 19.0 Å². The van der Waals surface area contributed by atoms with Crippen LogP contribution < -0.4 is 11.1 Å². The average molecular weight is 275 g/mol. The Labute approximate surface area is 116 Å². The third-order valence-electron chi connectivity index (χ3n) is 2.71. The summed E-state index contributed by atoms with van der Waals surface area (Å²) >= 11 is 0. The molecular weight excluding hydrogens is 258 g/mol. The molecule has 0 fully saturated rings. The minimum Gasteiger partial charge on any atom is -0.383 e. The van der Waals surface area contributed by atoms with Crippen molar-refractivity contribution in [2.45, 2.75) is 13.1 Å². The Bertz CT molecular complexity index is 564. The first-order chi connectivity index (χ1) is 9.72. The second kappa shape index (κ2) is 6.78. The number of carbonyl (C=O) groups excluding carboxylic acids is 1. The number of carbonyl (C=O) groups is 1. The molecule has 0 radical (unpaired) electrons. The van der Waals surface area contributed by atoms with E-state index in [0.717, 1.165) is 5.56 Å². The van der Waals surface area contributed by atoms with Gasteiger partial charge in [-0.25, -0.2) is 0 Å². The number of nitrogens with one attached hydrogen (secondary N) is 1. The number of methoxy groups -OCH3 is 1. The highest BCUT2D eigenvalue weighted by atomic mass is 16.5. The van der Waals surface area contributed by atoms with Crippen molar-refractivity contribution in [3.63, 3.8) is 0 Å². The molecule has 3 N–H and O–H groups in total. The van der Waals surface area contributed by atoms with Gasteiger partial charge < -0.3 is 15.8 Å². The zero-order valence-electron chi connectivity index (χ0n) is 11.2. The van der Waals surface area contributed by atoms with Crippen LogP contribution >= 0.6 is 0 Å². The van der Waals surface area contributed by atoms with Crippen molar-refractivity contribution >= 4 is 11.6 Å². The van der Waals surface area contributed by atoms with Crippen LogP contribution in [0.1, 0.15) is 16.1 Å². The second-order valence-corrected chi connectivity index (χ2v) is 4.19. The Hall–Kier alpha value is -2.25. The van der Waals surface area contributed by atoms with Crippen molar-refractivity contribution < 1.29 is 9.53 Å². The summed E-state index contributed by atoms with van der Waals surface area (Å²) in [7, 11) is 1.63. The maximum atomic E-state index is 12.0. The predicted octanol–water partition coefficient (Wildman–Crippen LogP) is 0.635. The molecule has 2 aromatic rings. The van der Waals surface area contributed by atoms with Crippen LogP contribution in [0.15, 0.2) is 30.7 Å². The minimum absolute atomic E-state index is 0.278. The van der Waals surface area contributed by atoms with E-state index in [9.17, 15) is 4.79 Å². The smallest absolute Gasteiger partial charge is 0.274 e. The first-order valence-corrected chi connectivity index (χ1v) is 6.20. The van der Waals surface area contributed by atoms with Gasteiger partial charge in [-0.1, -0.05) is 6.07 Å². The van der Waals surface area contributed by atoms with E-state index in [4.69, 9.17) is 10.5 Å². The number of anilines is 1. The molecule has 1 amide bonds. The summed E-state index contributed by atoms with van der Waals surface area (Å²) in [6.07, 6.45) is 4.92. The quantitative estimate of drug-likeness (QED) is 0.806. The van der Waals surface area contributed by atoms with Crippen molar-refractivity contribution in [2.24, 2.45) is 5.73 Å². The lowest BCUT2D eigenvalue weighted by molar-refractivity contribution is 0.102. The van der Waals surface area contributed by atoms with Crippen LogP contribution in [0.3, 0.4) is 0 Å². The summed E-state index contributed by atoms with van der Waals surface area (Å²) in [6, 6.07) is 3.43. The lowest BCUT2D eigenvalue weighted by atomic mass is 10.2. The first-order valence-electron chi connectivity index (χ1n) is 6.20. The number of amides is 1. The van der Waals surface area contributed by atoms with Gasteiger partial charge in [0, 0.05) is 26.0 Å². The van der Waals surface area contributed by atoms with E-state index in [0.29, 0.717) is 31.1 Å². The van der Waals surface area contributed by atoms with Gasteiger partial charge in [-0.3, -0.25) is 14.5 Å². The molecule has 0 saturated heterocycles. The van der Waals surface area contributed by atoms with Gasteiger partial charge in [0.1, 0.15) is 5.69 Å². The van der Waals surface area contributed by atoms with Crippen LogP contribution in [-0.2, 0) is 17.8 Å². The van der Waals surface area contributed by atoms with E-state index in [2.05, 4.69) is 15.4 Å². The predicted molar refractivity (Wildman–Crippen MR) is 74.2 cm³/mol. The van der Waals surface area contributed by atoms with Crippen LogP contribution in [-0.4, -0.2) is 34.4 Å². The largest absolute Gasteiger partial charge is 0.383 e. The molecule has 7 nitrogen and oxygen atoms in total. The van der Waals surface area contributed by atoms with Gasteiger partial charge in [-0.2, -0.15) is 5.10 Å². The molecule has 0 unspecified atom stereocenters. The van der Waals surface area contributed by atoms with Crippen molar-refractivity contribution in [3.8, 4) is 0 Å². The molecule has 0 aliphatic carbocycles. The van der Waals surface area contributed by atoms with Crippen molar-refractivity contribution in [3.05, 3.63) is 42.0 Å². The fraction of sp³-hybridized carbons (Fsp3) is 0.308. The Kier molecular flexibility index (Phi) is 4.80. The highest BCUT2D eigenvalue weighted by Crippen LogP contribution is 2.07. The summed E-state index contributed by atoms with van der Waals surface area (Å²) in [5, 5.41) is 6.85. The van der Waals surface area contributed by atoms with Gasteiger partial charge in [0.2, 0.25) is 0 Å². The van der Waals surface area contributed by atoms with E-state index in [1.165, 1.54) is 0 Å². The number of hydrogen-bond donors (Lipinski definition) is 2. The zero-order chi connectivity index (χ0) is 14.4. The minimum atomic E-state index is -0.278. The molecule has 20 heavy (non-hydrogen) atoms. The molecule has 0 aliphatic heterocycles. The van der Waals surface area contributed by atoms with Gasteiger partial charge in [0.05, 0.1) is 25.0 Å². The standard InChI is InChI=1S/C13H17N5O2/c1-20-5-4-18-9-11(8-16-18)17-13(19)12-3-2-10(6-14)7-15-12/h2-3,7-9H,4-6,14H2,1H3,(H,17,19). The Morgan fingerprint density at radius 3 is 2.95 bits per heavy atom. The lowest BCUT2D eigenvalue weighted by Gasteiger charge is -2.02. The molecule has 0 bridgehead atoms. The monoisotopic (exact) mass is 275 g/mol. The molecule has 0 saturated carbocycles. The number of nitrogens with two attached hydrogens (primary N) is 1. The van der Waals surface area contributed by atoms with Crippen molar-refractivity contribution in [1.82, 2.24) is 14.8 Å². The maximum Gasteiger partial charge on any atom is 0.274 e. The number of aromatic nitrogens is 3. The molecule has 2 aromatic heterocycles. The molecule has 0 spiro atoms. The maximum absolute atomic E-state index is 12.0. The van der Waals surface area contributed by atoms with Crippen molar-refractivity contribution in [1.29, 1.82) is 0 Å². The van der Waals surface area contributed by atoms with Gasteiger partial charge in [0.15, 0.2) is 0 Å². The molecule has 2 rings (SSSR count). The Morgan fingerprint density at radius 2 is 2.30 bits per heavy atom. The van der Waals surface area contributed by atoms with E-state index in [1.807, 2.05) is 0 Å². The summed E-state index contributed by atoms with van der Waals surface area (Å²) < 4.78 is 6.66. The SMILES string of the molecule is COCCn1cc(NC(=O)c2ccc(CN)cn2)cn1. The van der Waals surface area contributed by atoms with Crippen LogP contribution in [0.4, 0.5) is 5.69 Å². The molecular formula is C13H17N5O2. The summed E-state index contributed by atoms with van der Waals surface area (Å²) in [5.74, 6) is -0.278. The third-order valence-corrected chi connectivity index (χ3v) is 2.71. The van der Waals surface area contributed by atoms with E-state index < -0.39 is 0 Å². The first kappa shape index (κ1) is 14.2. The molecule has 0 atom stereocenters. The number of pyridine rings is 1. The van der Waals surface area contributed by atoms with Crippen LogP contribution in [0, 0.1) is 0 Å². The number of rotatable bonds is 6. The normalized spacial score (nSPS) is 10.5. The number of hydrogen-bond acceptors (Lipinski definition) is 5. The molecule has 2 heterocycles. The van der Waals surface area contributed by atoms with Crippen LogP contribution in [0.25, 0.3) is 0 Å². The number of nitrogens with zero attached hydrogens (tertiary/aromatic N) is 3. The zero-order valence-corrected chi connectivity index (χ0v) is 11.2. The topological polar surface area (TPSA) is 95.1 Å².